The second-order valence-corrected chi connectivity index (χ2v) is 1.02. The molecule has 2 heteroatoms. The minimum atomic E-state index is 0. The number of rotatable bonds is 0. The molecule has 1 unspecified atom stereocenters. The van der Waals surface area contributed by atoms with Gasteiger partial charge in [0.1, 0.15) is 0 Å². The summed E-state index contributed by atoms with van der Waals surface area (Å²) >= 11 is 0. The van der Waals surface area contributed by atoms with E-state index in [-0.39, 0.29) is 9.90 Å². The summed E-state index contributed by atoms with van der Waals surface area (Å²) in [5, 5.41) is 0. The average Bonchev–Trinajstić information content (AvgIpc) is 1.72. The number of nitrogens with zero attached hydrogens (tertiary/aromatic N) is 1. The van der Waals surface area contributed by atoms with Gasteiger partial charge in [-0.05, 0) is 12.1 Å². The van der Waals surface area contributed by atoms with Crippen LogP contribution in [0.4, 0.5) is 0 Å². The molecule has 0 fully saturated rings. The molecule has 0 radical (unpaired) electrons. The van der Waals surface area contributed by atoms with Gasteiger partial charge in [0.25, 0.3) is 0 Å². The lowest BCUT2D eigenvalue weighted by Crippen LogP contribution is -1.58. The number of aromatic nitrogens is 1. The van der Waals surface area contributed by atoms with Crippen molar-refractivity contribution >= 4 is 9.90 Å². The summed E-state index contributed by atoms with van der Waals surface area (Å²) in [5.41, 5.74) is 0. The van der Waals surface area contributed by atoms with Gasteiger partial charge >= 0.3 is 0 Å². The van der Waals surface area contributed by atoms with E-state index < -0.39 is 0 Å². The molecule has 0 aliphatic heterocycles. The SMILES string of the molecule is P.c1ccncc1. The highest BCUT2D eigenvalue weighted by atomic mass is 31.0. The molecule has 1 aromatic heterocycles. The van der Waals surface area contributed by atoms with Crippen LogP contribution in [0.25, 0.3) is 0 Å². The van der Waals surface area contributed by atoms with Crippen molar-refractivity contribution in [2.75, 3.05) is 0 Å². The third-order valence-corrected chi connectivity index (χ3v) is 0.566. The van der Waals surface area contributed by atoms with E-state index >= 15 is 0 Å². The maximum absolute atomic E-state index is 3.78. The van der Waals surface area contributed by atoms with Crippen LogP contribution in [0.15, 0.2) is 30.6 Å². The molecule has 1 atom stereocenters. The van der Waals surface area contributed by atoms with Crippen molar-refractivity contribution in [1.82, 2.24) is 4.98 Å². The van der Waals surface area contributed by atoms with Gasteiger partial charge in [0.2, 0.25) is 0 Å². The summed E-state index contributed by atoms with van der Waals surface area (Å²) in [6.45, 7) is 0. The topological polar surface area (TPSA) is 12.9 Å². The fourth-order valence-corrected chi connectivity index (χ4v) is 0.313. The van der Waals surface area contributed by atoms with Gasteiger partial charge in [0, 0.05) is 12.4 Å². The van der Waals surface area contributed by atoms with Crippen LogP contribution in [0.1, 0.15) is 0 Å². The van der Waals surface area contributed by atoms with E-state index in [1.54, 1.807) is 12.4 Å². The van der Waals surface area contributed by atoms with Crippen LogP contribution >= 0.6 is 9.90 Å². The molecule has 1 aromatic rings. The molecule has 0 aliphatic rings. The van der Waals surface area contributed by atoms with Crippen LogP contribution in [-0.2, 0) is 0 Å². The van der Waals surface area contributed by atoms with Gasteiger partial charge in [0.15, 0.2) is 0 Å². The molecule has 0 aliphatic carbocycles. The monoisotopic (exact) mass is 113 g/mol. The summed E-state index contributed by atoms with van der Waals surface area (Å²) in [4.78, 5) is 3.78. The molecule has 0 N–H and O–H groups in total. The Morgan fingerprint density at radius 2 is 1.43 bits per heavy atom. The smallest absolute Gasteiger partial charge is 0.0267 e. The number of hydrogen-bond donors (Lipinski definition) is 0. The molecule has 1 heterocycles. The Labute approximate surface area is 46.4 Å². The largest absolute Gasteiger partial charge is 0.265 e. The van der Waals surface area contributed by atoms with Crippen LogP contribution in [0.3, 0.4) is 0 Å². The Kier molecular flexibility index (Phi) is 3.53. The fraction of sp³-hybridized carbons (Fsp3) is 0. The van der Waals surface area contributed by atoms with Crippen molar-refractivity contribution < 1.29 is 0 Å². The normalized spacial score (nSPS) is 6.86. The molecule has 0 saturated carbocycles. The third kappa shape index (κ3) is 2.30. The van der Waals surface area contributed by atoms with E-state index in [4.69, 9.17) is 0 Å². The van der Waals surface area contributed by atoms with Crippen molar-refractivity contribution in [1.29, 1.82) is 0 Å². The number of pyridine rings is 1. The Hall–Kier alpha value is -0.420. The maximum atomic E-state index is 3.78. The van der Waals surface area contributed by atoms with Crippen molar-refractivity contribution in [3.8, 4) is 0 Å². The van der Waals surface area contributed by atoms with Gasteiger partial charge < -0.3 is 0 Å². The van der Waals surface area contributed by atoms with Crippen molar-refractivity contribution in [2.24, 2.45) is 0 Å². The van der Waals surface area contributed by atoms with Gasteiger partial charge in [-0.1, -0.05) is 6.07 Å². The van der Waals surface area contributed by atoms with Gasteiger partial charge in [-0.25, -0.2) is 0 Å². The molecule has 38 valence electrons. The van der Waals surface area contributed by atoms with E-state index in [9.17, 15) is 0 Å². The first-order valence-electron chi connectivity index (χ1n) is 1.85. The molecule has 0 aromatic carbocycles. The van der Waals surface area contributed by atoms with Crippen molar-refractivity contribution in [3.05, 3.63) is 30.6 Å². The predicted octanol–water partition coefficient (Wildman–Crippen LogP) is 1.14. The standard InChI is InChI=1S/C5H5N.H3P/c1-2-4-6-5-3-1;/h1-5H;1H3. The van der Waals surface area contributed by atoms with Crippen LogP contribution in [0, 0.1) is 0 Å². The summed E-state index contributed by atoms with van der Waals surface area (Å²) < 4.78 is 0. The van der Waals surface area contributed by atoms with Crippen LogP contribution in [0.2, 0.25) is 0 Å². The quantitative estimate of drug-likeness (QED) is 0.460. The second kappa shape index (κ2) is 3.76. The molecular formula is C5H8NP. The lowest BCUT2D eigenvalue weighted by molar-refractivity contribution is 1.33. The molecule has 0 bridgehead atoms. The highest BCUT2D eigenvalue weighted by Crippen LogP contribution is 1.73. The molecule has 1 rings (SSSR count). The zero-order valence-electron chi connectivity index (χ0n) is 4.04. The van der Waals surface area contributed by atoms with Crippen molar-refractivity contribution in [2.45, 2.75) is 0 Å². The zero-order chi connectivity index (χ0) is 4.24. The number of hydrogen-bond acceptors (Lipinski definition) is 1. The highest BCUT2D eigenvalue weighted by molar-refractivity contribution is 6.92. The maximum Gasteiger partial charge on any atom is 0.0267 e. The summed E-state index contributed by atoms with van der Waals surface area (Å²) in [5.74, 6) is 0. The Bertz CT molecular complexity index is 80.0. The fourth-order valence-electron chi connectivity index (χ4n) is 0.313. The first-order valence-corrected chi connectivity index (χ1v) is 1.85. The Morgan fingerprint density at radius 1 is 0.857 bits per heavy atom. The van der Waals surface area contributed by atoms with Crippen LogP contribution in [-0.4, -0.2) is 4.98 Å². The van der Waals surface area contributed by atoms with E-state index in [1.807, 2.05) is 18.2 Å². The van der Waals surface area contributed by atoms with E-state index in [2.05, 4.69) is 4.98 Å². The highest BCUT2D eigenvalue weighted by Gasteiger charge is 1.58. The summed E-state index contributed by atoms with van der Waals surface area (Å²) in [6, 6.07) is 5.72. The minimum absolute atomic E-state index is 0. The van der Waals surface area contributed by atoms with E-state index in [0.29, 0.717) is 0 Å². The Balaban J connectivity index is 0.000000360. The predicted molar refractivity (Wildman–Crippen MR) is 35.3 cm³/mol. The molecule has 0 amide bonds. The molecular weight excluding hydrogens is 105 g/mol. The zero-order valence-corrected chi connectivity index (χ0v) is 5.46. The molecule has 7 heavy (non-hydrogen) atoms. The Morgan fingerprint density at radius 3 is 1.57 bits per heavy atom. The van der Waals surface area contributed by atoms with E-state index in [1.165, 1.54) is 0 Å². The van der Waals surface area contributed by atoms with Crippen molar-refractivity contribution in [3.63, 3.8) is 0 Å². The van der Waals surface area contributed by atoms with Crippen LogP contribution in [0.5, 0.6) is 0 Å². The molecule has 0 spiro atoms. The van der Waals surface area contributed by atoms with Gasteiger partial charge in [0.05, 0.1) is 0 Å². The van der Waals surface area contributed by atoms with E-state index in [0.717, 1.165) is 0 Å². The summed E-state index contributed by atoms with van der Waals surface area (Å²) in [6.07, 6.45) is 3.50. The molecule has 0 saturated heterocycles. The van der Waals surface area contributed by atoms with Gasteiger partial charge in [-0.3, -0.25) is 4.98 Å². The minimum Gasteiger partial charge on any atom is -0.265 e. The van der Waals surface area contributed by atoms with Gasteiger partial charge in [-0.2, -0.15) is 9.90 Å². The second-order valence-electron chi connectivity index (χ2n) is 1.02. The first kappa shape index (κ1) is 6.58. The third-order valence-electron chi connectivity index (χ3n) is 0.566. The first-order chi connectivity index (χ1) is 3.00. The van der Waals surface area contributed by atoms with Crippen LogP contribution < -0.4 is 0 Å². The average molecular weight is 113 g/mol. The summed E-state index contributed by atoms with van der Waals surface area (Å²) in [7, 11) is 0. The lowest BCUT2D eigenvalue weighted by Gasteiger charge is -1.70. The van der Waals surface area contributed by atoms with Gasteiger partial charge in [-0.15, -0.1) is 0 Å². The molecule has 1 nitrogen and oxygen atoms in total. The lowest BCUT2D eigenvalue weighted by atomic mass is 10.5.